The van der Waals surface area contributed by atoms with E-state index in [-0.39, 0.29) is 37.5 Å². The van der Waals surface area contributed by atoms with Crippen LogP contribution >= 0.6 is 0 Å². The fraction of sp³-hybridized carbons (Fsp3) is 0.603. The molecule has 0 radical (unpaired) electrons. The van der Waals surface area contributed by atoms with Crippen LogP contribution < -0.4 is 0 Å². The zero-order valence-electron chi connectivity index (χ0n) is 47.5. The molecule has 6 heteroatoms. The van der Waals surface area contributed by atoms with Gasteiger partial charge in [-0.2, -0.15) is 0 Å². The molecule has 0 spiro atoms. The number of ether oxygens (including phenoxy) is 3. The van der Waals surface area contributed by atoms with Crippen LogP contribution in [0.25, 0.3) is 0 Å². The molecule has 0 fully saturated rings. The number of rotatable bonds is 52. The minimum Gasteiger partial charge on any atom is -0.462 e. The van der Waals surface area contributed by atoms with Crippen LogP contribution in [0.2, 0.25) is 0 Å². The average Bonchev–Trinajstić information content (AvgIpc) is 3.40. The molecule has 0 bridgehead atoms. The van der Waals surface area contributed by atoms with Crippen LogP contribution in [0, 0.1) is 0 Å². The maximum atomic E-state index is 12.8. The monoisotopic (exact) mass is 1020 g/mol. The normalized spacial score (nSPS) is 13.2. The summed E-state index contributed by atoms with van der Waals surface area (Å²) in [4.78, 5) is 38.2. The van der Waals surface area contributed by atoms with Crippen molar-refractivity contribution in [3.05, 3.63) is 146 Å². The smallest absolute Gasteiger partial charge is 0.306 e. The van der Waals surface area contributed by atoms with Gasteiger partial charge < -0.3 is 14.2 Å². The van der Waals surface area contributed by atoms with Crippen LogP contribution in [0.15, 0.2) is 146 Å². The van der Waals surface area contributed by atoms with Gasteiger partial charge in [0.1, 0.15) is 13.2 Å². The minimum atomic E-state index is -0.824. The number of carbonyl (C=O) groups is 3. The van der Waals surface area contributed by atoms with Crippen molar-refractivity contribution in [2.24, 2.45) is 0 Å². The second-order valence-electron chi connectivity index (χ2n) is 19.1. The molecule has 0 amide bonds. The van der Waals surface area contributed by atoms with Crippen molar-refractivity contribution in [1.29, 1.82) is 0 Å². The van der Waals surface area contributed by atoms with Crippen LogP contribution in [0.3, 0.4) is 0 Å². The highest BCUT2D eigenvalue weighted by molar-refractivity contribution is 5.71. The number of esters is 3. The summed E-state index contributed by atoms with van der Waals surface area (Å²) in [5.74, 6) is -1.00. The number of carbonyl (C=O) groups excluding carboxylic acids is 3. The summed E-state index contributed by atoms with van der Waals surface area (Å²) in [5, 5.41) is 0. The SMILES string of the molecule is CC/C=C\C/C=C\C/C=C\C/C=C\C/C=C\C/C=C\CCCCCCCCC(=O)OCC(COC(=O)CCCCCCC/C=C\CCCCCCC)OC(=O)CCC/C=C\C/C=C\C/C=C\C/C=C\C/C=C\CC. The number of hydrogen-bond acceptors (Lipinski definition) is 6. The van der Waals surface area contributed by atoms with Gasteiger partial charge in [0.05, 0.1) is 0 Å². The molecule has 74 heavy (non-hydrogen) atoms. The molecule has 6 nitrogen and oxygen atoms in total. The van der Waals surface area contributed by atoms with Gasteiger partial charge in [0.2, 0.25) is 0 Å². The van der Waals surface area contributed by atoms with E-state index in [9.17, 15) is 14.4 Å². The quantitative estimate of drug-likeness (QED) is 0.0261. The second kappa shape index (κ2) is 60.8. The summed E-state index contributed by atoms with van der Waals surface area (Å²) in [6.07, 6.45) is 87.0. The van der Waals surface area contributed by atoms with Gasteiger partial charge in [0.25, 0.3) is 0 Å². The topological polar surface area (TPSA) is 78.9 Å². The zero-order chi connectivity index (χ0) is 53.6. The van der Waals surface area contributed by atoms with Gasteiger partial charge >= 0.3 is 17.9 Å². The van der Waals surface area contributed by atoms with Gasteiger partial charge in [-0.25, -0.2) is 0 Å². The van der Waals surface area contributed by atoms with Gasteiger partial charge in [0, 0.05) is 19.3 Å². The Balaban J connectivity index is 4.49. The number of hydrogen-bond donors (Lipinski definition) is 0. The van der Waals surface area contributed by atoms with Crippen molar-refractivity contribution in [2.45, 2.75) is 252 Å². The Morgan fingerprint density at radius 2 is 0.541 bits per heavy atom. The molecule has 0 rings (SSSR count). The Kier molecular flexibility index (Phi) is 57.0. The standard InChI is InChI=1S/C68H108O6/c1-4-7-10-13-16-19-22-25-28-30-31-32-33-34-35-36-37-39-40-43-46-49-52-55-58-61-67(70)73-64-65(63-72-66(69)60-57-54-51-48-45-42-27-24-21-18-15-12-9-6-3)74-68(71)62-59-56-53-50-47-44-41-38-29-26-23-20-17-14-11-8-5-2/h7-8,10-11,16-17,19-20,24-29,31-32,34-35,37,39,41,44,50,53,65H,4-6,9,12-15,18,21-23,30,33,36,38,40,42-43,45-49,51-52,54-64H2,1-3H3/b10-7-,11-8-,19-16-,20-17-,27-24-,28-25-,29-26-,32-31-,35-34-,39-37-,44-41-,53-50-. The van der Waals surface area contributed by atoms with Crippen LogP contribution in [-0.4, -0.2) is 37.2 Å². The van der Waals surface area contributed by atoms with Gasteiger partial charge in [0.15, 0.2) is 6.10 Å². The first-order chi connectivity index (χ1) is 36.5. The van der Waals surface area contributed by atoms with Crippen molar-refractivity contribution in [3.8, 4) is 0 Å². The van der Waals surface area contributed by atoms with Crippen LogP contribution in [0.4, 0.5) is 0 Å². The van der Waals surface area contributed by atoms with Crippen molar-refractivity contribution < 1.29 is 28.6 Å². The third kappa shape index (κ3) is 58.2. The predicted molar refractivity (Wildman–Crippen MR) is 320 cm³/mol. The van der Waals surface area contributed by atoms with Gasteiger partial charge in [-0.15, -0.1) is 0 Å². The summed E-state index contributed by atoms with van der Waals surface area (Å²) in [5.41, 5.74) is 0. The molecule has 1 unspecified atom stereocenters. The lowest BCUT2D eigenvalue weighted by molar-refractivity contribution is -0.167. The molecule has 0 aromatic carbocycles. The molecule has 0 aliphatic rings. The van der Waals surface area contributed by atoms with E-state index in [0.29, 0.717) is 19.3 Å². The molecule has 0 aromatic heterocycles. The largest absolute Gasteiger partial charge is 0.462 e. The van der Waals surface area contributed by atoms with E-state index in [4.69, 9.17) is 14.2 Å². The highest BCUT2D eigenvalue weighted by Crippen LogP contribution is 2.13. The van der Waals surface area contributed by atoms with Crippen molar-refractivity contribution in [3.63, 3.8) is 0 Å². The fourth-order valence-electron chi connectivity index (χ4n) is 7.65. The highest BCUT2D eigenvalue weighted by atomic mass is 16.6. The van der Waals surface area contributed by atoms with E-state index in [1.807, 2.05) is 0 Å². The molecule has 0 N–H and O–H groups in total. The molecule has 0 aliphatic carbocycles. The lowest BCUT2D eigenvalue weighted by Gasteiger charge is -2.18. The van der Waals surface area contributed by atoms with E-state index >= 15 is 0 Å². The van der Waals surface area contributed by atoms with Crippen LogP contribution in [0.1, 0.15) is 245 Å². The minimum absolute atomic E-state index is 0.115. The lowest BCUT2D eigenvalue weighted by Crippen LogP contribution is -2.30. The second-order valence-corrected chi connectivity index (χ2v) is 19.1. The maximum absolute atomic E-state index is 12.8. The van der Waals surface area contributed by atoms with Crippen LogP contribution in [-0.2, 0) is 28.6 Å². The Labute approximate surface area is 455 Å². The third-order valence-corrected chi connectivity index (χ3v) is 12.1. The molecule has 416 valence electrons. The van der Waals surface area contributed by atoms with Crippen molar-refractivity contribution in [1.82, 2.24) is 0 Å². The van der Waals surface area contributed by atoms with E-state index < -0.39 is 6.10 Å². The first-order valence-corrected chi connectivity index (χ1v) is 29.8. The van der Waals surface area contributed by atoms with E-state index in [1.165, 1.54) is 57.8 Å². The number of unbranched alkanes of at least 4 members (excludes halogenated alkanes) is 17. The van der Waals surface area contributed by atoms with E-state index in [0.717, 1.165) is 141 Å². The Bertz CT molecular complexity index is 1640. The summed E-state index contributed by atoms with van der Waals surface area (Å²) in [7, 11) is 0. The molecular formula is C68H108O6. The van der Waals surface area contributed by atoms with Gasteiger partial charge in [-0.05, 0) is 135 Å². The number of allylic oxidation sites excluding steroid dienone is 24. The summed E-state index contributed by atoms with van der Waals surface area (Å²) < 4.78 is 16.8. The zero-order valence-corrected chi connectivity index (χ0v) is 47.5. The predicted octanol–water partition coefficient (Wildman–Crippen LogP) is 20.4. The fourth-order valence-corrected chi connectivity index (χ4v) is 7.65. The maximum Gasteiger partial charge on any atom is 0.306 e. The van der Waals surface area contributed by atoms with E-state index in [1.54, 1.807) is 0 Å². The Morgan fingerprint density at radius 3 is 0.878 bits per heavy atom. The Hall–Kier alpha value is -4.71. The summed E-state index contributed by atoms with van der Waals surface area (Å²) >= 11 is 0. The molecule has 0 aromatic rings. The average molecular weight is 1020 g/mol. The molecule has 0 aliphatic heterocycles. The van der Waals surface area contributed by atoms with Crippen LogP contribution in [0.5, 0.6) is 0 Å². The first kappa shape index (κ1) is 69.3. The molecule has 0 saturated heterocycles. The summed E-state index contributed by atoms with van der Waals surface area (Å²) in [6.45, 7) is 6.33. The molecule has 1 atom stereocenters. The Morgan fingerprint density at radius 1 is 0.284 bits per heavy atom. The highest BCUT2D eigenvalue weighted by Gasteiger charge is 2.19. The van der Waals surface area contributed by atoms with E-state index in [2.05, 4.69) is 167 Å². The third-order valence-electron chi connectivity index (χ3n) is 12.1. The van der Waals surface area contributed by atoms with Crippen molar-refractivity contribution >= 4 is 17.9 Å². The molecule has 0 saturated carbocycles. The molecular weight excluding hydrogens is 913 g/mol. The first-order valence-electron chi connectivity index (χ1n) is 29.8. The van der Waals surface area contributed by atoms with Gasteiger partial charge in [-0.3, -0.25) is 14.4 Å². The molecule has 0 heterocycles. The summed E-state index contributed by atoms with van der Waals surface area (Å²) in [6, 6.07) is 0. The van der Waals surface area contributed by atoms with Crippen molar-refractivity contribution in [2.75, 3.05) is 13.2 Å². The van der Waals surface area contributed by atoms with Gasteiger partial charge in [-0.1, -0.05) is 237 Å². The lowest BCUT2D eigenvalue weighted by atomic mass is 10.1.